The normalized spacial score (nSPS) is 10.7. The molecule has 3 heteroatoms. The van der Waals surface area contributed by atoms with Crippen LogP contribution in [-0.4, -0.2) is 8.07 Å². The molecule has 2 N–H and O–H groups in total. The van der Waals surface area contributed by atoms with Gasteiger partial charge in [0.05, 0.1) is 11.3 Å². The molecule has 0 amide bonds. The quantitative estimate of drug-likeness (QED) is 0.407. The Kier molecular flexibility index (Phi) is 3.20. The van der Waals surface area contributed by atoms with Crippen LogP contribution in [0.25, 0.3) is 0 Å². The molecular weight excluding hydrogens is 205 g/mol. The lowest BCUT2D eigenvalue weighted by Crippen LogP contribution is -2.16. The summed E-state index contributed by atoms with van der Waals surface area (Å²) in [5.41, 5.74) is 10.4. The van der Waals surface area contributed by atoms with Crippen LogP contribution in [0.2, 0.25) is 19.6 Å². The molecule has 0 saturated carbocycles. The van der Waals surface area contributed by atoms with Gasteiger partial charge in [0.15, 0.2) is 0 Å². The van der Waals surface area contributed by atoms with E-state index in [1.54, 1.807) is 6.07 Å². The molecule has 0 heterocycles. The van der Waals surface area contributed by atoms with Crippen LogP contribution in [0, 0.1) is 24.2 Å². The largest absolute Gasteiger partial charge is 0.398 e. The SMILES string of the molecule is Cc1cc(N)c(C#C[Si](C)(C)C)c(F)c1. The predicted octanol–water partition coefficient (Wildman–Crippen LogP) is 2.95. The highest BCUT2D eigenvalue weighted by Crippen LogP contribution is 2.17. The first-order valence-corrected chi connectivity index (χ1v) is 8.38. The average molecular weight is 221 g/mol. The maximum absolute atomic E-state index is 13.5. The zero-order chi connectivity index (χ0) is 11.6. The van der Waals surface area contributed by atoms with Gasteiger partial charge in [0.2, 0.25) is 0 Å². The summed E-state index contributed by atoms with van der Waals surface area (Å²) in [6.45, 7) is 8.15. The molecule has 1 nitrogen and oxygen atoms in total. The zero-order valence-corrected chi connectivity index (χ0v) is 10.6. The summed E-state index contributed by atoms with van der Waals surface area (Å²) in [5, 5.41) is 0. The molecule has 0 aliphatic rings. The van der Waals surface area contributed by atoms with Crippen molar-refractivity contribution in [3.63, 3.8) is 0 Å². The first kappa shape index (κ1) is 11.8. The molecule has 0 fully saturated rings. The molecule has 0 spiro atoms. The van der Waals surface area contributed by atoms with E-state index in [1.165, 1.54) is 6.07 Å². The highest BCUT2D eigenvalue weighted by atomic mass is 28.3. The Labute approximate surface area is 91.5 Å². The summed E-state index contributed by atoms with van der Waals surface area (Å²) < 4.78 is 13.5. The van der Waals surface area contributed by atoms with Gasteiger partial charge in [0.25, 0.3) is 0 Å². The smallest absolute Gasteiger partial charge is 0.141 e. The molecule has 0 saturated heterocycles. The van der Waals surface area contributed by atoms with Gasteiger partial charge in [-0.05, 0) is 24.6 Å². The molecule has 1 rings (SSSR count). The molecule has 0 aliphatic heterocycles. The van der Waals surface area contributed by atoms with Crippen molar-refractivity contribution in [3.8, 4) is 11.5 Å². The van der Waals surface area contributed by atoms with Crippen molar-refractivity contribution >= 4 is 13.8 Å². The van der Waals surface area contributed by atoms with E-state index in [-0.39, 0.29) is 5.82 Å². The van der Waals surface area contributed by atoms with Crippen molar-refractivity contribution in [2.45, 2.75) is 26.6 Å². The van der Waals surface area contributed by atoms with Gasteiger partial charge in [0, 0.05) is 0 Å². The van der Waals surface area contributed by atoms with Crippen molar-refractivity contribution in [1.82, 2.24) is 0 Å². The van der Waals surface area contributed by atoms with Gasteiger partial charge in [0.1, 0.15) is 13.9 Å². The Hall–Kier alpha value is -1.27. The summed E-state index contributed by atoms with van der Waals surface area (Å²) in [6.07, 6.45) is 0. The molecule has 15 heavy (non-hydrogen) atoms. The minimum absolute atomic E-state index is 0.321. The van der Waals surface area contributed by atoms with Crippen LogP contribution >= 0.6 is 0 Å². The number of halogens is 1. The molecule has 1 aromatic rings. The van der Waals surface area contributed by atoms with E-state index in [0.29, 0.717) is 11.3 Å². The molecule has 1 aromatic carbocycles. The van der Waals surface area contributed by atoms with Gasteiger partial charge in [-0.1, -0.05) is 25.6 Å². The minimum atomic E-state index is -1.48. The molecular formula is C12H16FNSi. The molecule has 0 bridgehead atoms. The maximum Gasteiger partial charge on any atom is 0.141 e. The number of nitrogen functional groups attached to an aromatic ring is 1. The number of benzene rings is 1. The lowest BCUT2D eigenvalue weighted by atomic mass is 10.1. The zero-order valence-electron chi connectivity index (χ0n) is 9.61. The highest BCUT2D eigenvalue weighted by molar-refractivity contribution is 6.83. The lowest BCUT2D eigenvalue weighted by Gasteiger charge is -2.05. The fourth-order valence-electron chi connectivity index (χ4n) is 1.15. The lowest BCUT2D eigenvalue weighted by molar-refractivity contribution is 0.624. The van der Waals surface area contributed by atoms with Crippen LogP contribution in [0.5, 0.6) is 0 Å². The van der Waals surface area contributed by atoms with Crippen molar-refractivity contribution in [2.75, 3.05) is 5.73 Å². The Morgan fingerprint density at radius 1 is 1.27 bits per heavy atom. The van der Waals surface area contributed by atoms with Gasteiger partial charge >= 0.3 is 0 Å². The van der Waals surface area contributed by atoms with Crippen LogP contribution in [0.3, 0.4) is 0 Å². The predicted molar refractivity (Wildman–Crippen MR) is 65.8 cm³/mol. The van der Waals surface area contributed by atoms with Crippen LogP contribution in [0.1, 0.15) is 11.1 Å². The third-order valence-electron chi connectivity index (χ3n) is 1.83. The molecule has 0 unspecified atom stereocenters. The summed E-state index contributed by atoms with van der Waals surface area (Å²) >= 11 is 0. The topological polar surface area (TPSA) is 26.0 Å². The van der Waals surface area contributed by atoms with E-state index in [4.69, 9.17) is 5.73 Å². The standard InChI is InChI=1S/C12H16FNSi/c1-9-7-11(13)10(12(14)8-9)5-6-15(2,3)4/h7-8H,14H2,1-4H3. The number of nitrogens with two attached hydrogens (primary N) is 1. The number of aryl methyl sites for hydroxylation is 1. The van der Waals surface area contributed by atoms with E-state index in [2.05, 4.69) is 31.1 Å². The van der Waals surface area contributed by atoms with Crippen LogP contribution in [0.15, 0.2) is 12.1 Å². The van der Waals surface area contributed by atoms with Crippen molar-refractivity contribution in [3.05, 3.63) is 29.1 Å². The van der Waals surface area contributed by atoms with Gasteiger partial charge in [-0.2, -0.15) is 0 Å². The number of hydrogen-bond donors (Lipinski definition) is 1. The summed E-state index contributed by atoms with van der Waals surface area (Å²) in [4.78, 5) is 0. The van der Waals surface area contributed by atoms with Crippen LogP contribution in [-0.2, 0) is 0 Å². The Morgan fingerprint density at radius 3 is 2.33 bits per heavy atom. The number of anilines is 1. The second kappa shape index (κ2) is 4.07. The van der Waals surface area contributed by atoms with E-state index < -0.39 is 8.07 Å². The van der Waals surface area contributed by atoms with Gasteiger partial charge < -0.3 is 5.73 Å². The molecule has 0 aliphatic carbocycles. The van der Waals surface area contributed by atoms with Crippen molar-refractivity contribution < 1.29 is 4.39 Å². The Morgan fingerprint density at radius 2 is 1.87 bits per heavy atom. The molecule has 0 radical (unpaired) electrons. The first-order chi connectivity index (χ1) is 6.79. The van der Waals surface area contributed by atoms with E-state index in [0.717, 1.165) is 5.56 Å². The van der Waals surface area contributed by atoms with Crippen molar-refractivity contribution in [1.29, 1.82) is 0 Å². The second-order valence-corrected chi connectivity index (χ2v) is 9.46. The maximum atomic E-state index is 13.5. The van der Waals surface area contributed by atoms with E-state index in [9.17, 15) is 4.39 Å². The monoisotopic (exact) mass is 221 g/mol. The third-order valence-corrected chi connectivity index (χ3v) is 2.70. The van der Waals surface area contributed by atoms with E-state index >= 15 is 0 Å². The summed E-state index contributed by atoms with van der Waals surface area (Å²) in [6, 6.07) is 3.21. The fraction of sp³-hybridized carbons (Fsp3) is 0.333. The summed E-state index contributed by atoms with van der Waals surface area (Å²) in [5.74, 6) is 2.54. The van der Waals surface area contributed by atoms with Gasteiger partial charge in [-0.3, -0.25) is 0 Å². The third kappa shape index (κ3) is 3.41. The molecule has 0 atom stereocenters. The molecule has 0 aromatic heterocycles. The average Bonchev–Trinajstić information content (AvgIpc) is 1.99. The number of hydrogen-bond acceptors (Lipinski definition) is 1. The number of rotatable bonds is 0. The minimum Gasteiger partial charge on any atom is -0.398 e. The van der Waals surface area contributed by atoms with Gasteiger partial charge in [-0.25, -0.2) is 4.39 Å². The first-order valence-electron chi connectivity index (χ1n) is 4.88. The van der Waals surface area contributed by atoms with Gasteiger partial charge in [-0.15, -0.1) is 5.54 Å². The highest BCUT2D eigenvalue weighted by Gasteiger charge is 2.09. The Balaban J connectivity index is 3.20. The molecule has 80 valence electrons. The second-order valence-electron chi connectivity index (χ2n) is 4.71. The van der Waals surface area contributed by atoms with Crippen LogP contribution in [0.4, 0.5) is 10.1 Å². The van der Waals surface area contributed by atoms with Crippen molar-refractivity contribution in [2.24, 2.45) is 0 Å². The Bertz CT molecular complexity index is 412. The van der Waals surface area contributed by atoms with E-state index in [1.807, 2.05) is 6.92 Å². The summed E-state index contributed by atoms with van der Waals surface area (Å²) in [7, 11) is -1.48. The fourth-order valence-corrected chi connectivity index (χ4v) is 1.65. The van der Waals surface area contributed by atoms with Crippen LogP contribution < -0.4 is 5.73 Å².